The summed E-state index contributed by atoms with van der Waals surface area (Å²) < 4.78 is 1.67. The van der Waals surface area contributed by atoms with Gasteiger partial charge in [-0.1, -0.05) is 0 Å². The average molecular weight is 234 g/mol. The average Bonchev–Trinajstić information content (AvgIpc) is 2.81. The predicted molar refractivity (Wildman–Crippen MR) is 63.5 cm³/mol. The normalized spacial score (nSPS) is 10.6. The zero-order chi connectivity index (χ0) is 12.3. The Morgan fingerprint density at radius 3 is 2.59 bits per heavy atom. The van der Waals surface area contributed by atoms with Crippen LogP contribution in [-0.2, 0) is 0 Å². The second-order valence-corrected chi connectivity index (χ2v) is 3.70. The fourth-order valence-electron chi connectivity index (χ4n) is 1.24. The summed E-state index contributed by atoms with van der Waals surface area (Å²) >= 11 is 0. The first-order valence-electron chi connectivity index (χ1n) is 5.16. The Morgan fingerprint density at radius 2 is 2.00 bits per heavy atom. The lowest BCUT2D eigenvalue weighted by molar-refractivity contribution is 0.843. The number of nitrogens with two attached hydrogens (primary N) is 1. The van der Waals surface area contributed by atoms with Crippen LogP contribution in [0.15, 0.2) is 18.7 Å². The van der Waals surface area contributed by atoms with Crippen molar-refractivity contribution in [2.24, 2.45) is 5.84 Å². The maximum absolute atomic E-state index is 5.32. The number of nitrogens with zero attached hydrogens (tertiary/aromatic N) is 5. The van der Waals surface area contributed by atoms with Gasteiger partial charge < -0.3 is 5.32 Å². The summed E-state index contributed by atoms with van der Waals surface area (Å²) in [7, 11) is 0. The van der Waals surface area contributed by atoms with Gasteiger partial charge in [0.1, 0.15) is 6.33 Å². The third-order valence-electron chi connectivity index (χ3n) is 1.91. The van der Waals surface area contributed by atoms with Crippen LogP contribution in [0.3, 0.4) is 0 Å². The van der Waals surface area contributed by atoms with Gasteiger partial charge in [-0.3, -0.25) is 9.99 Å². The SMILES string of the molecule is CC(C)Nc1nc(NN)nc(-n2ccnc2)n1. The van der Waals surface area contributed by atoms with Crippen molar-refractivity contribution in [1.82, 2.24) is 24.5 Å². The van der Waals surface area contributed by atoms with Crippen LogP contribution in [-0.4, -0.2) is 30.5 Å². The number of hydrogen-bond donors (Lipinski definition) is 3. The molecule has 0 radical (unpaired) electrons. The minimum absolute atomic E-state index is 0.221. The summed E-state index contributed by atoms with van der Waals surface area (Å²) in [5, 5.41) is 3.09. The van der Waals surface area contributed by atoms with Crippen LogP contribution in [0.2, 0.25) is 0 Å². The van der Waals surface area contributed by atoms with Gasteiger partial charge in [-0.2, -0.15) is 15.0 Å². The van der Waals surface area contributed by atoms with E-state index in [1.54, 1.807) is 23.3 Å². The van der Waals surface area contributed by atoms with E-state index in [9.17, 15) is 0 Å². The zero-order valence-electron chi connectivity index (χ0n) is 9.62. The second kappa shape index (κ2) is 4.74. The quantitative estimate of drug-likeness (QED) is 0.511. The van der Waals surface area contributed by atoms with E-state index in [1.807, 2.05) is 13.8 Å². The van der Waals surface area contributed by atoms with E-state index < -0.39 is 0 Å². The molecule has 0 saturated heterocycles. The van der Waals surface area contributed by atoms with Crippen LogP contribution >= 0.6 is 0 Å². The number of imidazole rings is 1. The Balaban J connectivity index is 2.38. The van der Waals surface area contributed by atoms with Gasteiger partial charge in [-0.15, -0.1) is 0 Å². The molecule has 0 unspecified atom stereocenters. The van der Waals surface area contributed by atoms with E-state index in [0.717, 1.165) is 0 Å². The van der Waals surface area contributed by atoms with Crippen LogP contribution < -0.4 is 16.6 Å². The molecule has 0 spiro atoms. The van der Waals surface area contributed by atoms with Crippen molar-refractivity contribution in [2.75, 3.05) is 10.7 Å². The molecule has 8 nitrogen and oxygen atoms in total. The first-order chi connectivity index (χ1) is 8.19. The maximum Gasteiger partial charge on any atom is 0.243 e. The lowest BCUT2D eigenvalue weighted by Gasteiger charge is -2.10. The molecule has 0 aromatic carbocycles. The summed E-state index contributed by atoms with van der Waals surface area (Å²) in [5.74, 6) is 6.53. The second-order valence-electron chi connectivity index (χ2n) is 3.70. The summed E-state index contributed by atoms with van der Waals surface area (Å²) in [6, 6.07) is 0.221. The maximum atomic E-state index is 5.32. The Labute approximate surface area is 98.3 Å². The third-order valence-corrected chi connectivity index (χ3v) is 1.91. The molecule has 0 fully saturated rings. The highest BCUT2D eigenvalue weighted by Crippen LogP contribution is 2.09. The molecule has 0 aliphatic rings. The lowest BCUT2D eigenvalue weighted by atomic mass is 10.4. The first kappa shape index (κ1) is 11.3. The highest BCUT2D eigenvalue weighted by Gasteiger charge is 2.07. The van der Waals surface area contributed by atoms with Gasteiger partial charge >= 0.3 is 0 Å². The van der Waals surface area contributed by atoms with Gasteiger partial charge in [0.2, 0.25) is 17.8 Å². The smallest absolute Gasteiger partial charge is 0.243 e. The molecule has 90 valence electrons. The Kier molecular flexibility index (Phi) is 3.15. The first-order valence-corrected chi connectivity index (χ1v) is 5.16. The highest BCUT2D eigenvalue weighted by molar-refractivity contribution is 5.37. The van der Waals surface area contributed by atoms with Crippen molar-refractivity contribution >= 4 is 11.9 Å². The largest absolute Gasteiger partial charge is 0.352 e. The number of rotatable bonds is 4. The van der Waals surface area contributed by atoms with Gasteiger partial charge in [-0.25, -0.2) is 10.8 Å². The monoisotopic (exact) mass is 234 g/mol. The Bertz CT molecular complexity index is 478. The van der Waals surface area contributed by atoms with E-state index in [2.05, 4.69) is 30.7 Å². The van der Waals surface area contributed by atoms with Crippen LogP contribution in [0.1, 0.15) is 13.8 Å². The molecule has 0 saturated carbocycles. The van der Waals surface area contributed by atoms with Crippen LogP contribution in [0.25, 0.3) is 5.95 Å². The molecule has 0 atom stereocenters. The molecular weight excluding hydrogens is 220 g/mol. The standard InChI is InChI=1S/C9H14N8/c1-6(2)12-7-13-8(16-10)15-9(14-7)17-4-3-11-5-17/h3-6H,10H2,1-2H3,(H2,12,13,14,15,16). The molecule has 0 aliphatic heterocycles. The number of hydrazine groups is 1. The van der Waals surface area contributed by atoms with E-state index in [-0.39, 0.29) is 6.04 Å². The van der Waals surface area contributed by atoms with E-state index in [1.165, 1.54) is 0 Å². The molecule has 2 rings (SSSR count). The summed E-state index contributed by atoms with van der Waals surface area (Å²) in [5.41, 5.74) is 2.41. The Hall–Kier alpha value is -2.22. The van der Waals surface area contributed by atoms with Crippen molar-refractivity contribution in [2.45, 2.75) is 19.9 Å². The third kappa shape index (κ3) is 2.67. The topological polar surface area (TPSA) is 107 Å². The number of nitrogens with one attached hydrogen (secondary N) is 2. The van der Waals surface area contributed by atoms with Crippen molar-refractivity contribution in [3.8, 4) is 5.95 Å². The lowest BCUT2D eigenvalue weighted by Crippen LogP contribution is -2.18. The van der Waals surface area contributed by atoms with E-state index in [0.29, 0.717) is 17.8 Å². The fourth-order valence-corrected chi connectivity index (χ4v) is 1.24. The predicted octanol–water partition coefficient (Wildman–Crippen LogP) is 0.163. The van der Waals surface area contributed by atoms with Gasteiger partial charge in [0.05, 0.1) is 0 Å². The summed E-state index contributed by atoms with van der Waals surface area (Å²) in [6.07, 6.45) is 5.00. The van der Waals surface area contributed by atoms with Gasteiger partial charge in [-0.05, 0) is 13.8 Å². The van der Waals surface area contributed by atoms with Crippen LogP contribution in [0.5, 0.6) is 0 Å². The molecule has 0 aliphatic carbocycles. The highest BCUT2D eigenvalue weighted by atomic mass is 15.4. The molecule has 2 aromatic rings. The molecule has 17 heavy (non-hydrogen) atoms. The van der Waals surface area contributed by atoms with Gasteiger partial charge in [0.15, 0.2) is 0 Å². The molecule has 0 amide bonds. The van der Waals surface area contributed by atoms with Crippen LogP contribution in [0, 0.1) is 0 Å². The van der Waals surface area contributed by atoms with Crippen molar-refractivity contribution in [3.63, 3.8) is 0 Å². The number of nitrogen functional groups attached to an aromatic ring is 1. The number of aromatic nitrogens is 5. The van der Waals surface area contributed by atoms with Gasteiger partial charge in [0.25, 0.3) is 0 Å². The molecule has 2 heterocycles. The Morgan fingerprint density at radius 1 is 1.24 bits per heavy atom. The molecule has 2 aromatic heterocycles. The molecule has 4 N–H and O–H groups in total. The van der Waals surface area contributed by atoms with E-state index in [4.69, 9.17) is 5.84 Å². The number of anilines is 2. The van der Waals surface area contributed by atoms with Gasteiger partial charge in [0, 0.05) is 18.4 Å². The molecule has 0 bridgehead atoms. The minimum atomic E-state index is 0.221. The molecule has 8 heteroatoms. The zero-order valence-corrected chi connectivity index (χ0v) is 9.62. The van der Waals surface area contributed by atoms with Crippen molar-refractivity contribution in [1.29, 1.82) is 0 Å². The van der Waals surface area contributed by atoms with E-state index >= 15 is 0 Å². The van der Waals surface area contributed by atoms with Crippen molar-refractivity contribution in [3.05, 3.63) is 18.7 Å². The van der Waals surface area contributed by atoms with Crippen LogP contribution in [0.4, 0.5) is 11.9 Å². The summed E-state index contributed by atoms with van der Waals surface area (Å²) in [4.78, 5) is 16.4. The fraction of sp³-hybridized carbons (Fsp3) is 0.333. The summed E-state index contributed by atoms with van der Waals surface area (Å²) in [6.45, 7) is 3.99. The number of hydrogen-bond acceptors (Lipinski definition) is 7. The van der Waals surface area contributed by atoms with Crippen molar-refractivity contribution < 1.29 is 0 Å². The minimum Gasteiger partial charge on any atom is -0.352 e. The molecular formula is C9H14N8.